The number of carbonyl (C=O) groups excluding carboxylic acids is 1. The molecule has 0 saturated carbocycles. The Balaban J connectivity index is 1.59. The van der Waals surface area contributed by atoms with Gasteiger partial charge in [0.05, 0.1) is 52.2 Å². The summed E-state index contributed by atoms with van der Waals surface area (Å²) in [6.45, 7) is 0.361. The Hall–Kier alpha value is -3.80. The molecule has 0 unspecified atom stereocenters. The number of hydrogen-bond donors (Lipinski definition) is 1. The Kier molecular flexibility index (Phi) is 5.85. The number of ether oxygens (including phenoxy) is 1. The minimum Gasteiger partial charge on any atom is -0.434 e. The molecule has 2 atom stereocenters. The van der Waals surface area contributed by atoms with Crippen molar-refractivity contribution in [1.29, 1.82) is 0 Å². The molecule has 1 amide bonds. The number of hydrogen-bond acceptors (Lipinski definition) is 6. The second-order valence-corrected chi connectivity index (χ2v) is 10.6. The Labute approximate surface area is 231 Å². The highest BCUT2D eigenvalue weighted by atomic mass is 19.3. The number of benzene rings is 2. The van der Waals surface area contributed by atoms with Gasteiger partial charge in [-0.1, -0.05) is 11.3 Å². The molecule has 2 aromatic heterocycles. The van der Waals surface area contributed by atoms with Crippen molar-refractivity contribution in [1.82, 2.24) is 24.4 Å². The summed E-state index contributed by atoms with van der Waals surface area (Å²) in [5.74, 6) is -0.732. The van der Waals surface area contributed by atoms with Crippen molar-refractivity contribution >= 4 is 40.5 Å². The highest BCUT2D eigenvalue weighted by Crippen LogP contribution is 2.51. The molecule has 2 N–H and O–H groups in total. The summed E-state index contributed by atoms with van der Waals surface area (Å²) in [7, 11) is 18.1. The van der Waals surface area contributed by atoms with Crippen LogP contribution in [0.2, 0.25) is 0 Å². The summed E-state index contributed by atoms with van der Waals surface area (Å²) in [6, 6.07) is 5.52. The molecule has 8 nitrogen and oxygen atoms in total. The molecule has 2 aliphatic heterocycles. The van der Waals surface area contributed by atoms with Crippen LogP contribution in [-0.2, 0) is 5.54 Å². The van der Waals surface area contributed by atoms with Crippen LogP contribution in [0.25, 0.3) is 22.2 Å². The zero-order chi connectivity index (χ0) is 28.7. The summed E-state index contributed by atoms with van der Waals surface area (Å²) in [6.07, 6.45) is 3.12. The minimum absolute atomic E-state index is 0.0552. The summed E-state index contributed by atoms with van der Waals surface area (Å²) >= 11 is 0. The molecule has 2 aromatic carbocycles. The minimum atomic E-state index is -3.14. The fourth-order valence-electron chi connectivity index (χ4n) is 5.60. The third-order valence-corrected chi connectivity index (χ3v) is 7.19. The van der Waals surface area contributed by atoms with E-state index in [1.165, 1.54) is 36.7 Å². The van der Waals surface area contributed by atoms with Crippen molar-refractivity contribution in [2.75, 3.05) is 0 Å². The third kappa shape index (κ3) is 4.07. The molecule has 0 fully saturated rings. The van der Waals surface area contributed by atoms with Gasteiger partial charge in [0.25, 0.3) is 5.91 Å². The molecule has 0 saturated heterocycles. The first-order chi connectivity index (χ1) is 18.8. The number of alkyl halides is 2. The molecule has 2 aliphatic rings. The lowest BCUT2D eigenvalue weighted by Crippen LogP contribution is -2.54. The molecule has 4 aromatic rings. The van der Waals surface area contributed by atoms with Gasteiger partial charge in [0.15, 0.2) is 0 Å². The number of halogens is 3. The third-order valence-electron chi connectivity index (χ3n) is 7.19. The Morgan fingerprint density at radius 3 is 2.42 bits per heavy atom. The number of amides is 1. The van der Waals surface area contributed by atoms with Gasteiger partial charge in [-0.2, -0.15) is 8.78 Å². The monoisotopic (exact) mass is 538 g/mol. The van der Waals surface area contributed by atoms with Gasteiger partial charge in [-0.05, 0) is 32.0 Å². The standard InChI is InChI=1S/C26H20B3F3N6O2/c1-25(2,33)23-34-9-11(10-35-23)13-6-16-15(7-14(13)30)36-21-18-8-17(37(16)21)20-12(22(39)38(18)26(27,28)29)4-3-5-19(20)40-24(31)32/h3-7,9-10,17-18,24H,8,33H2,1-2H3/t17-,18-/m1/s1. The molecular formula is C26H20B3F3N6O2. The maximum absolute atomic E-state index is 15.4. The summed E-state index contributed by atoms with van der Waals surface area (Å²) < 4.78 is 48.8. The van der Waals surface area contributed by atoms with Crippen LogP contribution in [-0.4, -0.2) is 65.7 Å². The van der Waals surface area contributed by atoms with Crippen LogP contribution < -0.4 is 10.5 Å². The van der Waals surface area contributed by atoms with Gasteiger partial charge in [0.1, 0.15) is 23.2 Å². The lowest BCUT2D eigenvalue weighted by Gasteiger charge is -2.41. The van der Waals surface area contributed by atoms with E-state index in [9.17, 15) is 13.6 Å². The fraction of sp³-hybridized carbons (Fsp3) is 0.308. The summed E-state index contributed by atoms with van der Waals surface area (Å²) in [5.41, 5.74) is 6.86. The molecule has 0 aliphatic carbocycles. The zero-order valence-corrected chi connectivity index (χ0v) is 21.5. The van der Waals surface area contributed by atoms with E-state index in [4.69, 9.17) is 34.0 Å². The first-order valence-corrected chi connectivity index (χ1v) is 12.4. The van der Waals surface area contributed by atoms with Gasteiger partial charge in [-0.25, -0.2) is 19.3 Å². The maximum Gasteiger partial charge on any atom is 0.387 e. The number of aromatic nitrogens is 4. The predicted octanol–water partition coefficient (Wildman–Crippen LogP) is 3.03. The van der Waals surface area contributed by atoms with Crippen molar-refractivity contribution in [3.8, 4) is 16.9 Å². The predicted molar refractivity (Wildman–Crippen MR) is 143 cm³/mol. The number of carbonyl (C=O) groups is 1. The highest BCUT2D eigenvalue weighted by Gasteiger charge is 2.48. The van der Waals surface area contributed by atoms with Crippen molar-refractivity contribution < 1.29 is 22.7 Å². The molecule has 0 spiro atoms. The van der Waals surface area contributed by atoms with Gasteiger partial charge >= 0.3 is 6.61 Å². The van der Waals surface area contributed by atoms with E-state index in [2.05, 4.69) is 15.0 Å². The van der Waals surface area contributed by atoms with Crippen LogP contribution in [0.3, 0.4) is 0 Å². The highest BCUT2D eigenvalue weighted by molar-refractivity contribution is 6.60. The van der Waals surface area contributed by atoms with Gasteiger partial charge < -0.3 is 19.9 Å². The average Bonchev–Trinajstić information content (AvgIpc) is 3.34. The zero-order valence-electron chi connectivity index (χ0n) is 21.5. The van der Waals surface area contributed by atoms with Crippen molar-refractivity contribution in [3.63, 3.8) is 0 Å². The van der Waals surface area contributed by atoms with Crippen molar-refractivity contribution in [2.24, 2.45) is 5.73 Å². The van der Waals surface area contributed by atoms with Crippen LogP contribution in [0.15, 0.2) is 42.7 Å². The first-order valence-electron chi connectivity index (χ1n) is 12.4. The SMILES string of the molecule is [B]C([B])([B])N1C(=O)c2cccc(OC(F)F)c2[C@H]2C[C@@H]1c1nc3cc(F)c(-c4cnc(C(C)(C)N)nc4)cc3n12. The van der Waals surface area contributed by atoms with E-state index in [0.29, 0.717) is 22.7 Å². The van der Waals surface area contributed by atoms with E-state index in [0.717, 1.165) is 4.90 Å². The van der Waals surface area contributed by atoms with Crippen LogP contribution in [0.4, 0.5) is 13.2 Å². The van der Waals surface area contributed by atoms with E-state index in [1.54, 1.807) is 24.5 Å². The van der Waals surface area contributed by atoms with E-state index in [-0.39, 0.29) is 34.4 Å². The second-order valence-electron chi connectivity index (χ2n) is 10.6. The fourth-order valence-corrected chi connectivity index (χ4v) is 5.60. The molecule has 40 heavy (non-hydrogen) atoms. The molecular weight excluding hydrogens is 518 g/mol. The Morgan fingerprint density at radius 1 is 1.10 bits per heavy atom. The first kappa shape index (κ1) is 26.4. The van der Waals surface area contributed by atoms with Gasteiger partial charge in [-0.3, -0.25) is 4.79 Å². The maximum atomic E-state index is 15.4. The van der Waals surface area contributed by atoms with Crippen molar-refractivity contribution in [2.45, 2.75) is 49.7 Å². The molecule has 2 bridgehead atoms. The van der Waals surface area contributed by atoms with Crippen LogP contribution in [0.5, 0.6) is 5.75 Å². The van der Waals surface area contributed by atoms with Gasteiger partial charge in [0, 0.05) is 47.1 Å². The normalized spacial score (nSPS) is 18.7. The summed E-state index contributed by atoms with van der Waals surface area (Å²) in [5, 5.41) is -2.12. The number of nitrogens with two attached hydrogens (primary N) is 1. The average molecular weight is 538 g/mol. The smallest absolute Gasteiger partial charge is 0.387 e. The van der Waals surface area contributed by atoms with E-state index >= 15 is 4.39 Å². The number of imidazole rings is 1. The second kappa shape index (κ2) is 8.85. The lowest BCUT2D eigenvalue weighted by atomic mass is 9.48. The summed E-state index contributed by atoms with van der Waals surface area (Å²) in [4.78, 5) is 27.9. The quantitative estimate of drug-likeness (QED) is 0.393. The van der Waals surface area contributed by atoms with Gasteiger partial charge in [-0.15, -0.1) is 0 Å². The van der Waals surface area contributed by atoms with E-state index < -0.39 is 41.2 Å². The lowest BCUT2D eigenvalue weighted by molar-refractivity contribution is -0.0507. The number of fused-ring (bicyclic) bond motifs is 9. The number of nitrogens with zero attached hydrogens (tertiary/aromatic N) is 5. The van der Waals surface area contributed by atoms with Crippen LogP contribution >= 0.6 is 0 Å². The molecule has 4 heterocycles. The topological polar surface area (TPSA) is 99.2 Å². The molecule has 6 radical (unpaired) electrons. The Morgan fingerprint density at radius 2 is 1.80 bits per heavy atom. The van der Waals surface area contributed by atoms with Gasteiger partial charge in [0.2, 0.25) is 0 Å². The number of rotatable bonds is 5. The molecule has 196 valence electrons. The molecule has 14 heteroatoms. The Bertz CT molecular complexity index is 1670. The molecule has 6 rings (SSSR count). The largest absolute Gasteiger partial charge is 0.434 e. The van der Waals surface area contributed by atoms with E-state index in [1.807, 2.05) is 0 Å². The van der Waals surface area contributed by atoms with Crippen LogP contribution in [0, 0.1) is 5.82 Å². The van der Waals surface area contributed by atoms with Crippen LogP contribution in [0.1, 0.15) is 59.9 Å². The van der Waals surface area contributed by atoms with Crippen molar-refractivity contribution in [3.05, 3.63) is 71.3 Å².